The van der Waals surface area contributed by atoms with Gasteiger partial charge in [-0.15, -0.1) is 24.8 Å². The molecular formula is C52H64Cl2N8O7. The van der Waals surface area contributed by atoms with Gasteiger partial charge in [-0.1, -0.05) is 48.5 Å². The number of phenolic OH excluding ortho intramolecular Hbond substituents is 2. The van der Waals surface area contributed by atoms with Gasteiger partial charge in [0, 0.05) is 50.9 Å². The molecule has 0 saturated heterocycles. The topological polar surface area (TPSA) is 237 Å². The molecule has 4 amide bonds. The summed E-state index contributed by atoms with van der Waals surface area (Å²) in [4.78, 5) is 78.8. The summed E-state index contributed by atoms with van der Waals surface area (Å²) in [6.45, 7) is 8.56. The lowest BCUT2D eigenvalue weighted by atomic mass is 9.91. The van der Waals surface area contributed by atoms with Crippen LogP contribution in [0, 0.1) is 27.7 Å². The predicted octanol–water partition coefficient (Wildman–Crippen LogP) is 4.40. The molecule has 0 saturated carbocycles. The minimum Gasteiger partial charge on any atom is -0.508 e. The Kier molecular flexibility index (Phi) is 18.6. The average molecular weight is 984 g/mol. The number of H-pyrrole nitrogens is 1. The van der Waals surface area contributed by atoms with Crippen molar-refractivity contribution in [3.05, 3.63) is 156 Å². The molecule has 9 N–H and O–H groups in total. The fourth-order valence-electron chi connectivity index (χ4n) is 9.57. The van der Waals surface area contributed by atoms with E-state index in [9.17, 15) is 34.2 Å². The van der Waals surface area contributed by atoms with E-state index in [1.165, 1.54) is 0 Å². The molecule has 4 aromatic carbocycles. The van der Waals surface area contributed by atoms with Crippen LogP contribution in [0.3, 0.4) is 0 Å². The smallest absolute Gasteiger partial charge is 0.269 e. The molecule has 4 unspecified atom stereocenters. The van der Waals surface area contributed by atoms with Crippen LogP contribution in [-0.4, -0.2) is 90.9 Å². The highest BCUT2D eigenvalue weighted by molar-refractivity contribution is 5.91. The number of nitrogens with one attached hydrogen (secondary N) is 3. The second-order valence-electron chi connectivity index (χ2n) is 18.1. The summed E-state index contributed by atoms with van der Waals surface area (Å²) < 4.78 is 0. The highest BCUT2D eigenvalue weighted by Crippen LogP contribution is 2.28. The molecule has 2 aliphatic rings. The third-order valence-corrected chi connectivity index (χ3v) is 13.2. The minimum atomic E-state index is -0.895. The summed E-state index contributed by atoms with van der Waals surface area (Å²) in [6, 6.07) is 18.8. The molecule has 69 heavy (non-hydrogen) atoms. The van der Waals surface area contributed by atoms with Crippen LogP contribution in [0.5, 0.6) is 11.5 Å². The van der Waals surface area contributed by atoms with Gasteiger partial charge in [0.05, 0.1) is 12.1 Å². The zero-order chi connectivity index (χ0) is 47.9. The first kappa shape index (κ1) is 53.7. The number of nitrogens with zero attached hydrogens (tertiary/aromatic N) is 3. The number of aryl methyl sites for hydroxylation is 6. The van der Waals surface area contributed by atoms with Gasteiger partial charge >= 0.3 is 0 Å². The van der Waals surface area contributed by atoms with Gasteiger partial charge < -0.3 is 47.1 Å². The molecule has 4 atom stereocenters. The maximum absolute atomic E-state index is 13.9. The number of aromatic nitrogens is 2. The van der Waals surface area contributed by atoms with Crippen molar-refractivity contribution in [3.63, 3.8) is 0 Å². The molecule has 5 aromatic rings. The first-order chi connectivity index (χ1) is 32.1. The van der Waals surface area contributed by atoms with Crippen molar-refractivity contribution < 1.29 is 29.4 Å². The molecule has 2 aliphatic heterocycles. The number of hydrogen-bond acceptors (Lipinski definition) is 10. The van der Waals surface area contributed by atoms with E-state index in [0.717, 1.165) is 55.6 Å². The number of carbonyl (C=O) groups excluding carboxylic acids is 4. The van der Waals surface area contributed by atoms with E-state index < -0.39 is 24.2 Å². The molecule has 17 heteroatoms. The summed E-state index contributed by atoms with van der Waals surface area (Å²) in [5.74, 6) is -0.935. The summed E-state index contributed by atoms with van der Waals surface area (Å²) in [6.07, 6.45) is 4.55. The predicted molar refractivity (Wildman–Crippen MR) is 270 cm³/mol. The number of rotatable bonds is 16. The number of aromatic hydroxyl groups is 2. The minimum absolute atomic E-state index is 0. The SMILES string of the molecule is Cc1cc(O)cc(C)c1CC(N)C(=O)N1Cc2ccccc2CC1C(=O)NCCCc1cnc(CCCNC(=O)C2Cc3ccccc3CN2C(=O)C(N)Cc2c(C)cc(O)cc2C)c(=O)[nH]1.Cl.Cl. The molecule has 0 fully saturated rings. The Labute approximate surface area is 415 Å². The van der Waals surface area contributed by atoms with Gasteiger partial charge in [0.2, 0.25) is 23.6 Å². The molecule has 0 radical (unpaired) electrons. The molecule has 368 valence electrons. The number of halogens is 2. The van der Waals surface area contributed by atoms with Crippen molar-refractivity contribution >= 4 is 48.4 Å². The van der Waals surface area contributed by atoms with Crippen molar-refractivity contribution in [2.24, 2.45) is 11.5 Å². The maximum Gasteiger partial charge on any atom is 0.269 e. The summed E-state index contributed by atoms with van der Waals surface area (Å²) in [5, 5.41) is 26.0. The highest BCUT2D eigenvalue weighted by atomic mass is 35.5. The van der Waals surface area contributed by atoms with Crippen molar-refractivity contribution in [1.29, 1.82) is 0 Å². The molecule has 3 heterocycles. The van der Waals surface area contributed by atoms with Gasteiger partial charge in [-0.2, -0.15) is 0 Å². The van der Waals surface area contributed by atoms with Crippen molar-refractivity contribution in [1.82, 2.24) is 30.4 Å². The Morgan fingerprint density at radius 1 is 0.667 bits per heavy atom. The monoisotopic (exact) mass is 982 g/mol. The van der Waals surface area contributed by atoms with Crippen LogP contribution in [-0.2, 0) is 70.8 Å². The maximum atomic E-state index is 13.9. The zero-order valence-electron chi connectivity index (χ0n) is 39.5. The molecule has 15 nitrogen and oxygen atoms in total. The van der Waals surface area contributed by atoms with E-state index >= 15 is 0 Å². The van der Waals surface area contributed by atoms with Crippen molar-refractivity contribution in [2.45, 2.75) is 116 Å². The summed E-state index contributed by atoms with van der Waals surface area (Å²) >= 11 is 0. The number of aromatic amines is 1. The average Bonchev–Trinajstić information content (AvgIpc) is 3.30. The van der Waals surface area contributed by atoms with Gasteiger partial charge in [-0.05, 0) is 146 Å². The number of benzene rings is 4. The van der Waals surface area contributed by atoms with Crippen LogP contribution < -0.4 is 27.7 Å². The normalized spacial score (nSPS) is 15.9. The first-order valence-corrected chi connectivity index (χ1v) is 23.0. The molecule has 7 rings (SSSR count). The number of carbonyl (C=O) groups is 4. The Bertz CT molecular complexity index is 2680. The van der Waals surface area contributed by atoms with Gasteiger partial charge in [0.1, 0.15) is 29.3 Å². The van der Waals surface area contributed by atoms with E-state index in [4.69, 9.17) is 11.5 Å². The lowest BCUT2D eigenvalue weighted by molar-refractivity contribution is -0.142. The van der Waals surface area contributed by atoms with Crippen LogP contribution in [0.25, 0.3) is 0 Å². The second kappa shape index (κ2) is 23.8. The molecule has 1 aromatic heterocycles. The van der Waals surface area contributed by atoms with Gasteiger partial charge in [0.15, 0.2) is 0 Å². The van der Waals surface area contributed by atoms with Crippen LogP contribution in [0.2, 0.25) is 0 Å². The highest BCUT2D eigenvalue weighted by Gasteiger charge is 2.38. The van der Waals surface area contributed by atoms with Gasteiger partial charge in [-0.25, -0.2) is 0 Å². The Hall–Kier alpha value is -6.26. The first-order valence-electron chi connectivity index (χ1n) is 23.0. The molecule has 0 bridgehead atoms. The number of hydrogen-bond donors (Lipinski definition) is 7. The van der Waals surface area contributed by atoms with Crippen LogP contribution in [0.1, 0.15) is 79.9 Å². The Balaban J connectivity index is 0.00000444. The zero-order valence-corrected chi connectivity index (χ0v) is 41.2. The van der Waals surface area contributed by atoms with E-state index in [1.807, 2.05) is 76.2 Å². The Morgan fingerprint density at radius 3 is 1.46 bits per heavy atom. The second-order valence-corrected chi connectivity index (χ2v) is 18.1. The molecule has 0 spiro atoms. The van der Waals surface area contributed by atoms with Crippen molar-refractivity contribution in [3.8, 4) is 11.5 Å². The molecule has 0 aliphatic carbocycles. The standard InChI is InChI=1S/C52H62N8O7.2ClH/c1-30-19-39(61)20-31(2)41(30)25-43(53)51(66)59-28-36-13-7-5-11-34(36)23-46(59)49(64)55-17-9-15-38-27-57-45(48(63)58-38)16-10-18-56-50(65)47-24-35-12-6-8-14-37(35)29-60(47)52(67)44(54)26-42-32(3)21-40(62)22-33(42)4;;/h5-8,11-14,19-22,27,43-44,46-47,61-62H,9-10,15-18,23-26,28-29,53-54H2,1-4H3,(H,55,64)(H,56,65)(H,58,63);2*1H. The van der Waals surface area contributed by atoms with Crippen LogP contribution >= 0.6 is 24.8 Å². The number of nitrogens with two attached hydrogens (primary N) is 2. The summed E-state index contributed by atoms with van der Waals surface area (Å²) in [7, 11) is 0. The lowest BCUT2D eigenvalue weighted by Gasteiger charge is -2.37. The third-order valence-electron chi connectivity index (χ3n) is 13.2. The van der Waals surface area contributed by atoms with E-state index in [1.54, 1.807) is 40.3 Å². The number of phenols is 2. The van der Waals surface area contributed by atoms with Crippen LogP contribution in [0.15, 0.2) is 83.8 Å². The van der Waals surface area contributed by atoms with E-state index in [0.29, 0.717) is 56.5 Å². The van der Waals surface area contributed by atoms with Crippen molar-refractivity contribution in [2.75, 3.05) is 13.1 Å². The quantitative estimate of drug-likeness (QED) is 0.0689. The summed E-state index contributed by atoms with van der Waals surface area (Å²) in [5.41, 5.74) is 22.7. The number of amides is 4. The largest absolute Gasteiger partial charge is 0.508 e. The van der Waals surface area contributed by atoms with E-state index in [-0.39, 0.29) is 98.0 Å². The van der Waals surface area contributed by atoms with Gasteiger partial charge in [0.25, 0.3) is 5.56 Å². The third kappa shape index (κ3) is 12.9. The van der Waals surface area contributed by atoms with Crippen LogP contribution in [0.4, 0.5) is 0 Å². The van der Waals surface area contributed by atoms with Gasteiger partial charge in [-0.3, -0.25) is 29.0 Å². The lowest BCUT2D eigenvalue weighted by Crippen LogP contribution is -2.56. The fraction of sp³-hybridized carbons (Fsp3) is 0.385. The Morgan fingerprint density at radius 2 is 1.06 bits per heavy atom. The number of fused-ring (bicyclic) bond motifs is 2. The van der Waals surface area contributed by atoms with E-state index in [2.05, 4.69) is 20.6 Å². The molecular weight excluding hydrogens is 920 g/mol. The fourth-order valence-corrected chi connectivity index (χ4v) is 9.57.